The van der Waals surface area contributed by atoms with Gasteiger partial charge in [0.25, 0.3) is 0 Å². The van der Waals surface area contributed by atoms with E-state index >= 15 is 0 Å². The summed E-state index contributed by atoms with van der Waals surface area (Å²) in [5.41, 5.74) is 2.48. The van der Waals surface area contributed by atoms with Crippen molar-refractivity contribution in [3.8, 4) is 0 Å². The first-order valence-corrected chi connectivity index (χ1v) is 7.07. The van der Waals surface area contributed by atoms with Crippen LogP contribution in [0.2, 0.25) is 0 Å². The molecule has 0 aliphatic carbocycles. The number of halogens is 1. The third-order valence-corrected chi connectivity index (χ3v) is 4.04. The molecule has 0 N–H and O–H groups in total. The Kier molecular flexibility index (Phi) is 7.61. The Morgan fingerprint density at radius 3 is 2.56 bits per heavy atom. The van der Waals surface area contributed by atoms with Crippen molar-refractivity contribution in [2.24, 2.45) is 0 Å². The predicted octanol–water partition coefficient (Wildman–Crippen LogP) is 5.68. The fourth-order valence-electron chi connectivity index (χ4n) is 1.08. The lowest BCUT2D eigenvalue weighted by molar-refractivity contribution is 1.01. The van der Waals surface area contributed by atoms with E-state index in [1.54, 1.807) is 0 Å². The lowest BCUT2D eigenvalue weighted by Crippen LogP contribution is -2.09. The van der Waals surface area contributed by atoms with Crippen LogP contribution >= 0.6 is 21.7 Å². The molecular weight excluding hydrogens is 236 g/mol. The molecule has 0 rings (SSSR count). The lowest BCUT2D eigenvalue weighted by Gasteiger charge is -2.15. The molecule has 90 valence electrons. The number of rotatable bonds is 7. The maximum absolute atomic E-state index is 5.79. The van der Waals surface area contributed by atoms with Gasteiger partial charge in [0.05, 0.1) is 4.75 Å². The molecule has 0 saturated heterocycles. The standard InChI is InChI=1S/C14H21ClS/c1-6-12(3)11-13(4)9-8-10-14(5,7-2)16-15/h7-8,10-11H,2,4,6,9H2,1,3,5H3/b10-8+,12-11-. The van der Waals surface area contributed by atoms with Crippen molar-refractivity contribution in [2.75, 3.05) is 0 Å². The molecule has 0 heterocycles. The van der Waals surface area contributed by atoms with Gasteiger partial charge in [-0.1, -0.05) is 49.0 Å². The van der Waals surface area contributed by atoms with Crippen molar-refractivity contribution in [1.29, 1.82) is 0 Å². The second-order valence-electron chi connectivity index (χ2n) is 4.07. The first-order chi connectivity index (χ1) is 7.47. The highest BCUT2D eigenvalue weighted by Crippen LogP contribution is 2.31. The van der Waals surface area contributed by atoms with Gasteiger partial charge in [-0.3, -0.25) is 0 Å². The zero-order chi connectivity index (χ0) is 12.6. The topological polar surface area (TPSA) is 0 Å². The lowest BCUT2D eigenvalue weighted by atomic mass is 10.1. The molecule has 0 fully saturated rings. The van der Waals surface area contributed by atoms with Crippen LogP contribution in [0.4, 0.5) is 0 Å². The van der Waals surface area contributed by atoms with Crippen molar-refractivity contribution >= 4 is 21.7 Å². The molecule has 0 bridgehead atoms. The molecule has 0 saturated carbocycles. The SMILES string of the molecule is C=CC(C)(/C=C/CC(=C)/C=C(/C)CC)SCl. The summed E-state index contributed by atoms with van der Waals surface area (Å²) in [7, 11) is 7.06. The molecule has 0 aromatic carbocycles. The summed E-state index contributed by atoms with van der Waals surface area (Å²) in [6.45, 7) is 14.1. The van der Waals surface area contributed by atoms with E-state index in [9.17, 15) is 0 Å². The van der Waals surface area contributed by atoms with E-state index < -0.39 is 0 Å². The molecule has 1 atom stereocenters. The molecule has 1 unspecified atom stereocenters. The first-order valence-electron chi connectivity index (χ1n) is 5.43. The number of allylic oxidation sites excluding steroid dienone is 4. The Balaban J connectivity index is 4.30. The zero-order valence-electron chi connectivity index (χ0n) is 10.4. The van der Waals surface area contributed by atoms with Gasteiger partial charge in [-0.25, -0.2) is 0 Å². The summed E-state index contributed by atoms with van der Waals surface area (Å²) in [5, 5.41) is 0. The third-order valence-electron chi connectivity index (χ3n) is 2.41. The number of hydrogen-bond acceptors (Lipinski definition) is 1. The van der Waals surface area contributed by atoms with Crippen LogP contribution in [0, 0.1) is 0 Å². The van der Waals surface area contributed by atoms with E-state index in [1.807, 2.05) is 13.0 Å². The molecule has 0 aromatic heterocycles. The maximum Gasteiger partial charge on any atom is 0.0639 e. The smallest absolute Gasteiger partial charge is 0.0639 e. The van der Waals surface area contributed by atoms with Crippen LogP contribution in [0.3, 0.4) is 0 Å². The third kappa shape index (κ3) is 6.24. The van der Waals surface area contributed by atoms with Crippen LogP contribution in [-0.2, 0) is 0 Å². The van der Waals surface area contributed by atoms with Crippen molar-refractivity contribution in [3.05, 3.63) is 48.6 Å². The van der Waals surface area contributed by atoms with E-state index in [4.69, 9.17) is 10.7 Å². The summed E-state index contributed by atoms with van der Waals surface area (Å²) >= 11 is 0. The van der Waals surface area contributed by atoms with Crippen LogP contribution < -0.4 is 0 Å². The molecule has 2 heteroatoms. The average molecular weight is 257 g/mol. The summed E-state index contributed by atoms with van der Waals surface area (Å²) in [4.78, 5) is 0. The molecule has 16 heavy (non-hydrogen) atoms. The fourth-order valence-corrected chi connectivity index (χ4v) is 1.63. The molecule has 0 nitrogen and oxygen atoms in total. The van der Waals surface area contributed by atoms with E-state index in [0.717, 1.165) is 18.4 Å². The van der Waals surface area contributed by atoms with E-state index in [0.29, 0.717) is 0 Å². The second-order valence-corrected chi connectivity index (χ2v) is 5.57. The summed E-state index contributed by atoms with van der Waals surface area (Å²) in [6.07, 6.45) is 10.1. The summed E-state index contributed by atoms with van der Waals surface area (Å²) in [6, 6.07) is 0. The van der Waals surface area contributed by atoms with Crippen molar-refractivity contribution in [1.82, 2.24) is 0 Å². The van der Waals surface area contributed by atoms with Gasteiger partial charge >= 0.3 is 0 Å². The molecular formula is C14H21ClS. The van der Waals surface area contributed by atoms with Crippen LogP contribution in [0.25, 0.3) is 0 Å². The predicted molar refractivity (Wildman–Crippen MR) is 79.0 cm³/mol. The molecule has 0 aliphatic rings. The first kappa shape index (κ1) is 15.6. The Morgan fingerprint density at radius 2 is 2.12 bits per heavy atom. The van der Waals surface area contributed by atoms with Gasteiger partial charge in [-0.05, 0) is 48.3 Å². The van der Waals surface area contributed by atoms with Gasteiger partial charge in [0.15, 0.2) is 0 Å². The van der Waals surface area contributed by atoms with Gasteiger partial charge in [-0.15, -0.1) is 6.58 Å². The zero-order valence-corrected chi connectivity index (χ0v) is 12.0. The second kappa shape index (κ2) is 7.81. The molecule has 0 aliphatic heterocycles. The van der Waals surface area contributed by atoms with Gasteiger partial charge in [0, 0.05) is 0 Å². The van der Waals surface area contributed by atoms with Gasteiger partial charge in [-0.2, -0.15) is 0 Å². The quantitative estimate of drug-likeness (QED) is 0.417. The highest BCUT2D eigenvalue weighted by Gasteiger charge is 2.14. The Bertz CT molecular complexity index is 302. The highest BCUT2D eigenvalue weighted by atomic mass is 35.7. The van der Waals surface area contributed by atoms with Crippen molar-refractivity contribution in [3.63, 3.8) is 0 Å². The van der Waals surface area contributed by atoms with Crippen LogP contribution in [-0.4, -0.2) is 4.75 Å². The maximum atomic E-state index is 5.79. The molecule has 0 aromatic rings. The minimum absolute atomic E-state index is 0.189. The van der Waals surface area contributed by atoms with E-state index in [2.05, 4.69) is 45.2 Å². The summed E-state index contributed by atoms with van der Waals surface area (Å²) < 4.78 is -0.189. The van der Waals surface area contributed by atoms with Gasteiger partial charge in [0.2, 0.25) is 0 Å². The highest BCUT2D eigenvalue weighted by molar-refractivity contribution is 8.22. The Hall–Kier alpha value is -0.400. The average Bonchev–Trinajstić information content (AvgIpc) is 2.28. The van der Waals surface area contributed by atoms with Crippen molar-refractivity contribution in [2.45, 2.75) is 38.4 Å². The minimum Gasteiger partial charge on any atom is -0.101 e. The van der Waals surface area contributed by atoms with Crippen LogP contribution in [0.5, 0.6) is 0 Å². The molecule has 0 radical (unpaired) electrons. The summed E-state index contributed by atoms with van der Waals surface area (Å²) in [5.74, 6) is 0. The largest absolute Gasteiger partial charge is 0.101 e. The Morgan fingerprint density at radius 1 is 1.50 bits per heavy atom. The van der Waals surface area contributed by atoms with Gasteiger partial charge < -0.3 is 0 Å². The van der Waals surface area contributed by atoms with E-state index in [1.165, 1.54) is 16.5 Å². The van der Waals surface area contributed by atoms with Gasteiger partial charge in [0.1, 0.15) is 0 Å². The van der Waals surface area contributed by atoms with Crippen LogP contribution in [0.1, 0.15) is 33.6 Å². The normalized spacial score (nSPS) is 16.1. The molecule has 0 amide bonds. The van der Waals surface area contributed by atoms with Crippen molar-refractivity contribution < 1.29 is 0 Å². The Labute approximate surface area is 109 Å². The minimum atomic E-state index is -0.189. The van der Waals surface area contributed by atoms with E-state index in [-0.39, 0.29) is 4.75 Å². The fraction of sp³-hybridized carbons (Fsp3) is 0.429. The number of hydrogen-bond donors (Lipinski definition) is 0. The van der Waals surface area contributed by atoms with Crippen LogP contribution in [0.15, 0.2) is 48.6 Å². The monoisotopic (exact) mass is 256 g/mol. The molecule has 0 spiro atoms.